The maximum absolute atomic E-state index is 17.1. The number of unbranched alkanes of at least 4 members (excludes halogenated alkanes) is 1. The molecule has 20 heteroatoms. The first kappa shape index (κ1) is 53.9. The molecule has 5 N–H and O–H groups in total. The second-order valence-corrected chi connectivity index (χ2v) is 23.6. The number of piperazine rings is 1. The fraction of sp³-hybridized carbons (Fsp3) is 0.491. The summed E-state index contributed by atoms with van der Waals surface area (Å²) in [4.78, 5) is 67.0. The minimum atomic E-state index is -1.19. The van der Waals surface area contributed by atoms with Crippen molar-refractivity contribution in [2.75, 3.05) is 44.2 Å². The number of pyridine rings is 1. The summed E-state index contributed by atoms with van der Waals surface area (Å²) < 4.78 is 53.5. The van der Waals surface area contributed by atoms with Crippen LogP contribution in [0, 0.1) is 29.8 Å². The fourth-order valence-corrected chi connectivity index (χ4v) is 12.5. The van der Waals surface area contributed by atoms with Crippen molar-refractivity contribution in [3.05, 3.63) is 88.9 Å². The number of amides is 3. The number of carbonyl (C=O) groups is 3. The molecule has 6 aromatic rings. The zero-order valence-electron chi connectivity index (χ0n) is 44.3. The second kappa shape index (κ2) is 21.7. The molecule has 3 aromatic carbocycles. The Morgan fingerprint density at radius 3 is 2.44 bits per heavy atom. The highest BCUT2D eigenvalue weighted by molar-refractivity contribution is 7.13. The number of likely N-dealkylation sites (tertiary alicyclic amines) is 2. The average molecular weight is 1080 g/mol. The number of aromatic hydroxyl groups is 1. The summed E-state index contributed by atoms with van der Waals surface area (Å²) in [7, 11) is 0. The van der Waals surface area contributed by atoms with E-state index in [0.29, 0.717) is 43.7 Å². The summed E-state index contributed by atoms with van der Waals surface area (Å²) in [6.45, 7) is 14.3. The number of hydrogen-bond donors (Lipinski definition) is 5. The minimum Gasteiger partial charge on any atom is -0.508 e. The molecule has 0 saturated carbocycles. The number of anilines is 1. The van der Waals surface area contributed by atoms with E-state index in [4.69, 9.17) is 9.72 Å². The number of ether oxygens (including phenoxy) is 1. The van der Waals surface area contributed by atoms with Crippen LogP contribution in [0.4, 0.5) is 19.0 Å². The van der Waals surface area contributed by atoms with Crippen LogP contribution in [0.25, 0.3) is 43.4 Å². The summed E-state index contributed by atoms with van der Waals surface area (Å²) in [6.07, 6.45) is 5.66. The number of aromatic nitrogens is 4. The Hall–Kier alpha value is -6.48. The number of nitrogens with zero attached hydrogens (tertiary/aromatic N) is 7. The van der Waals surface area contributed by atoms with Gasteiger partial charge in [0.15, 0.2) is 17.5 Å². The highest BCUT2D eigenvalue weighted by Crippen LogP contribution is 2.40. The number of aliphatic hydroxyl groups is 1. The molecule has 77 heavy (non-hydrogen) atoms. The Bertz CT molecular complexity index is 3200. The van der Waals surface area contributed by atoms with Crippen molar-refractivity contribution in [2.24, 2.45) is 5.41 Å². The van der Waals surface area contributed by atoms with Gasteiger partial charge < -0.3 is 40.7 Å². The molecule has 4 aliphatic heterocycles. The summed E-state index contributed by atoms with van der Waals surface area (Å²) >= 11 is 1.57. The molecule has 0 aliphatic carbocycles. The van der Waals surface area contributed by atoms with Crippen LogP contribution >= 0.6 is 11.3 Å². The topological polar surface area (TPSA) is 198 Å². The SMILES string of the molecule is Cc1ncsc1-c1ccc([C@H](C)NC(=O)[C@@H]2C[C@@H](O)CN2C(=O)[C@@H](NC(=O)CCCCN2CCC[C@@]2(C)COc2nc(N3CC4CCC(C3)N4)c3cnc(-c4cc(O)cc5ccc(F)c(F)c45)c(F)c3n2)C(C)(C)C)cc1. The molecule has 3 amide bonds. The van der Waals surface area contributed by atoms with Gasteiger partial charge in [-0.15, -0.1) is 11.3 Å². The van der Waals surface area contributed by atoms with Gasteiger partial charge in [0.2, 0.25) is 17.7 Å². The summed E-state index contributed by atoms with van der Waals surface area (Å²) in [5, 5.41) is 31.3. The van der Waals surface area contributed by atoms with Crippen molar-refractivity contribution in [1.82, 2.24) is 45.7 Å². The van der Waals surface area contributed by atoms with Crippen molar-refractivity contribution in [3.63, 3.8) is 0 Å². The van der Waals surface area contributed by atoms with Crippen molar-refractivity contribution in [1.29, 1.82) is 0 Å². The molecule has 16 nitrogen and oxygen atoms in total. The number of carbonyl (C=O) groups excluding carboxylic acids is 3. The number of nitrogens with one attached hydrogen (secondary N) is 3. The van der Waals surface area contributed by atoms with Gasteiger partial charge in [-0.3, -0.25) is 24.3 Å². The maximum Gasteiger partial charge on any atom is 0.319 e. The lowest BCUT2D eigenvalue weighted by Gasteiger charge is -2.36. The third-order valence-corrected chi connectivity index (χ3v) is 16.9. The number of phenols is 1. The number of hydrogen-bond acceptors (Lipinski definition) is 14. The summed E-state index contributed by atoms with van der Waals surface area (Å²) in [5.41, 5.74) is 2.97. The maximum atomic E-state index is 17.1. The highest BCUT2D eigenvalue weighted by atomic mass is 32.1. The normalized spacial score (nSPS) is 22.5. The molecule has 4 aliphatic rings. The molecule has 4 fully saturated rings. The van der Waals surface area contributed by atoms with Gasteiger partial charge in [0, 0.05) is 61.7 Å². The number of thiazole rings is 1. The first-order valence-corrected chi connectivity index (χ1v) is 27.6. The Morgan fingerprint density at radius 2 is 1.73 bits per heavy atom. The molecule has 0 spiro atoms. The van der Waals surface area contributed by atoms with Gasteiger partial charge in [0.25, 0.3) is 0 Å². The van der Waals surface area contributed by atoms with E-state index < -0.39 is 52.5 Å². The second-order valence-electron chi connectivity index (χ2n) is 22.7. The number of aliphatic hydroxyl groups excluding tert-OH is 1. The van der Waals surface area contributed by atoms with Crippen LogP contribution in [0.1, 0.15) is 103 Å². The van der Waals surface area contributed by atoms with Gasteiger partial charge in [-0.2, -0.15) is 9.97 Å². The smallest absolute Gasteiger partial charge is 0.319 e. The highest BCUT2D eigenvalue weighted by Gasteiger charge is 2.45. The lowest BCUT2D eigenvalue weighted by atomic mass is 9.85. The molecule has 10 rings (SSSR count). The summed E-state index contributed by atoms with van der Waals surface area (Å²) in [5.74, 6) is -4.12. The van der Waals surface area contributed by atoms with Crippen molar-refractivity contribution < 1.29 is 42.5 Å². The number of β-amino-alcohol motifs (C(OH)–C–C–N with tert-alkyl or cyclic N) is 1. The molecule has 2 bridgehead atoms. The van der Waals surface area contributed by atoms with Gasteiger partial charge in [-0.1, -0.05) is 51.1 Å². The molecule has 7 atom stereocenters. The standard InChI is InChI=1S/C57H67F3N10O6S/c1-31(33-11-13-34(14-12-33)50-32(2)62-30-77-50)63-53(74)43-24-39(72)28-70(43)54(75)51(56(3,4)5)65-44(73)10-7-8-20-69-21-9-19-57(69,6)29-76-55-66-49-41(52(67-55)68-26-36-16-17-37(27-68)64-36)25-61-48(47(49)60)40-23-38(71)22-35-15-18-42(58)46(59)45(35)40/h11-15,18,22-23,25,30-31,36-37,39,43,51,64,71-72H,7-10,16-17,19-21,24,26-29H2,1-6H3,(H,63,74)(H,65,73)/t31-,36?,37?,39+,43-,51+,57-/m0/s1. The van der Waals surface area contributed by atoms with E-state index in [1.54, 1.807) is 11.3 Å². The van der Waals surface area contributed by atoms with E-state index in [1.807, 2.05) is 64.4 Å². The minimum absolute atomic E-state index is 0.0288. The summed E-state index contributed by atoms with van der Waals surface area (Å²) in [6, 6.07) is 10.8. The van der Waals surface area contributed by atoms with E-state index in [2.05, 4.69) is 47.6 Å². The number of aryl methyl sites for hydroxylation is 1. The van der Waals surface area contributed by atoms with Crippen molar-refractivity contribution in [2.45, 2.75) is 135 Å². The molecule has 0 radical (unpaired) electrons. The van der Waals surface area contributed by atoms with E-state index in [-0.39, 0.29) is 95.2 Å². The van der Waals surface area contributed by atoms with E-state index in [0.717, 1.165) is 66.1 Å². The fourth-order valence-electron chi connectivity index (χ4n) is 11.7. The first-order chi connectivity index (χ1) is 36.7. The van der Waals surface area contributed by atoms with Gasteiger partial charge in [0.1, 0.15) is 41.5 Å². The van der Waals surface area contributed by atoms with Gasteiger partial charge in [-0.05, 0) is 113 Å². The molecule has 4 saturated heterocycles. The lowest BCUT2D eigenvalue weighted by molar-refractivity contribution is -0.144. The lowest BCUT2D eigenvalue weighted by Crippen LogP contribution is -2.57. The molecule has 3 aromatic heterocycles. The van der Waals surface area contributed by atoms with Crippen molar-refractivity contribution >= 4 is 56.6 Å². The zero-order chi connectivity index (χ0) is 54.5. The predicted molar refractivity (Wildman–Crippen MR) is 289 cm³/mol. The molecule has 2 unspecified atom stereocenters. The Kier molecular flexibility index (Phi) is 15.2. The van der Waals surface area contributed by atoms with Crippen LogP contribution in [-0.4, -0.2) is 133 Å². The predicted octanol–water partition coefficient (Wildman–Crippen LogP) is 8.11. The molecule has 7 heterocycles. The number of fused-ring (bicyclic) bond motifs is 4. The van der Waals surface area contributed by atoms with Crippen LogP contribution in [-0.2, 0) is 14.4 Å². The molecular weight excluding hydrogens is 1010 g/mol. The van der Waals surface area contributed by atoms with Gasteiger partial charge >= 0.3 is 6.01 Å². The third kappa shape index (κ3) is 11.2. The number of rotatable bonds is 16. The average Bonchev–Trinajstić information content (AvgIpc) is 4.21. The largest absolute Gasteiger partial charge is 0.508 e. The Balaban J connectivity index is 0.781. The first-order valence-electron chi connectivity index (χ1n) is 26.7. The van der Waals surface area contributed by atoms with E-state index in [9.17, 15) is 29.0 Å². The number of benzene rings is 3. The third-order valence-electron chi connectivity index (χ3n) is 16.0. The van der Waals surface area contributed by atoms with E-state index in [1.165, 1.54) is 23.2 Å². The zero-order valence-corrected chi connectivity index (χ0v) is 45.2. The Labute approximate surface area is 449 Å². The van der Waals surface area contributed by atoms with Crippen LogP contribution in [0.5, 0.6) is 11.8 Å². The van der Waals surface area contributed by atoms with Crippen LogP contribution < -0.4 is 25.6 Å². The van der Waals surface area contributed by atoms with Crippen LogP contribution in [0.3, 0.4) is 0 Å². The van der Waals surface area contributed by atoms with Crippen LogP contribution in [0.15, 0.2) is 60.2 Å². The van der Waals surface area contributed by atoms with E-state index >= 15 is 8.78 Å². The molecular formula is C57H67F3N10O6S. The Morgan fingerprint density at radius 1 is 0.974 bits per heavy atom. The van der Waals surface area contributed by atoms with Gasteiger partial charge in [0.05, 0.1) is 39.2 Å². The number of halogens is 3. The van der Waals surface area contributed by atoms with Gasteiger partial charge in [-0.25, -0.2) is 18.2 Å². The monoisotopic (exact) mass is 1080 g/mol. The number of phenolic OH excluding ortho intramolecular Hbond substituents is 1. The van der Waals surface area contributed by atoms with Crippen molar-refractivity contribution in [3.8, 4) is 33.5 Å². The quantitative estimate of drug-likeness (QED) is 0.0584. The van der Waals surface area contributed by atoms with Crippen LogP contribution in [0.2, 0.25) is 0 Å². The molecule has 408 valence electrons.